The highest BCUT2D eigenvalue weighted by atomic mass is 32.2. The number of rotatable bonds is 13. The first-order valence-electron chi connectivity index (χ1n) is 12.2. The maximum Gasteiger partial charge on any atom is 0.245 e. The number of aryl methyl sites for hydroxylation is 1. The van der Waals surface area contributed by atoms with Gasteiger partial charge in [0.2, 0.25) is 15.9 Å². The van der Waals surface area contributed by atoms with Gasteiger partial charge in [-0.3, -0.25) is 4.79 Å². The van der Waals surface area contributed by atoms with E-state index in [1.807, 2.05) is 44.2 Å². The smallest absolute Gasteiger partial charge is 0.245 e. The summed E-state index contributed by atoms with van der Waals surface area (Å²) in [4.78, 5) is 21.1. The second kappa shape index (κ2) is 11.9. The van der Waals surface area contributed by atoms with Gasteiger partial charge in [0.15, 0.2) is 5.82 Å². The van der Waals surface area contributed by atoms with Crippen molar-refractivity contribution in [1.82, 2.24) is 29.3 Å². The summed E-state index contributed by atoms with van der Waals surface area (Å²) in [6.45, 7) is 11.2. The fraction of sp³-hybridized carbons (Fsp3) is 0.625. The van der Waals surface area contributed by atoms with Gasteiger partial charge in [0.25, 0.3) is 0 Å². The Kier molecular flexibility index (Phi) is 9.21. The van der Waals surface area contributed by atoms with Crippen molar-refractivity contribution in [2.24, 2.45) is 0 Å². The molecule has 2 aromatic rings. The Morgan fingerprint density at radius 1 is 1.12 bits per heavy atom. The average molecular weight is 491 g/mol. The van der Waals surface area contributed by atoms with Crippen molar-refractivity contribution in [2.45, 2.75) is 72.1 Å². The van der Waals surface area contributed by atoms with E-state index in [9.17, 15) is 13.2 Å². The third-order valence-electron chi connectivity index (χ3n) is 6.29. The number of nitrogens with one attached hydrogen (secondary N) is 1. The predicted molar refractivity (Wildman–Crippen MR) is 133 cm³/mol. The molecule has 9 nitrogen and oxygen atoms in total. The highest BCUT2D eigenvalue weighted by Crippen LogP contribution is 2.21. The number of fused-ring (bicyclic) bond motifs is 1. The minimum Gasteiger partial charge on any atom is -0.331 e. The van der Waals surface area contributed by atoms with Crippen molar-refractivity contribution < 1.29 is 13.2 Å². The lowest BCUT2D eigenvalue weighted by molar-refractivity contribution is -0.136. The van der Waals surface area contributed by atoms with Crippen LogP contribution in [0.4, 0.5) is 0 Å². The molecule has 0 spiro atoms. The van der Waals surface area contributed by atoms with Crippen LogP contribution >= 0.6 is 0 Å². The molecule has 1 aliphatic heterocycles. The Balaban J connectivity index is 1.76. The minimum absolute atomic E-state index is 0.00299. The molecule has 1 atom stereocenters. The Labute approximate surface area is 203 Å². The molecule has 34 heavy (non-hydrogen) atoms. The Morgan fingerprint density at radius 3 is 2.47 bits per heavy atom. The molecule has 0 radical (unpaired) electrons. The van der Waals surface area contributed by atoms with Crippen LogP contribution in [-0.4, -0.2) is 70.3 Å². The number of benzene rings is 1. The van der Waals surface area contributed by atoms with Crippen molar-refractivity contribution in [1.29, 1.82) is 0 Å². The standard InChI is InChI=1S/C24H38N6O3S/c1-5-28(6-2)15-10-16-34(32,33)27-21(14-13-20-11-8-7-9-12-20)24-25-22-17-29(19(3)4)23(31)18-30(22)26-24/h7-9,11-12,19,21,27H,5-6,10,13-18H2,1-4H3/t21-/m1/s1. The summed E-state index contributed by atoms with van der Waals surface area (Å²) in [6, 6.07) is 9.48. The first-order valence-corrected chi connectivity index (χ1v) is 13.9. The van der Waals surface area contributed by atoms with E-state index < -0.39 is 16.1 Å². The second-order valence-electron chi connectivity index (χ2n) is 9.05. The van der Waals surface area contributed by atoms with Crippen LogP contribution in [0.2, 0.25) is 0 Å². The molecule has 1 aliphatic rings. The molecule has 0 saturated carbocycles. The van der Waals surface area contributed by atoms with Crippen molar-refractivity contribution in [3.63, 3.8) is 0 Å². The van der Waals surface area contributed by atoms with Gasteiger partial charge in [-0.1, -0.05) is 44.2 Å². The van der Waals surface area contributed by atoms with Gasteiger partial charge in [0.1, 0.15) is 12.4 Å². The predicted octanol–water partition coefficient (Wildman–Crippen LogP) is 2.35. The molecule has 10 heteroatoms. The van der Waals surface area contributed by atoms with E-state index in [0.717, 1.165) is 25.2 Å². The van der Waals surface area contributed by atoms with Gasteiger partial charge in [-0.15, -0.1) is 0 Å². The van der Waals surface area contributed by atoms with Crippen LogP contribution in [0, 0.1) is 0 Å². The first kappa shape index (κ1) is 26.3. The molecule has 3 rings (SSSR count). The second-order valence-corrected chi connectivity index (χ2v) is 10.9. The Hall–Kier alpha value is -2.30. The third kappa shape index (κ3) is 7.10. The van der Waals surface area contributed by atoms with E-state index in [1.165, 1.54) is 0 Å². The number of nitrogens with zero attached hydrogens (tertiary/aromatic N) is 5. The van der Waals surface area contributed by atoms with Crippen LogP contribution in [-0.2, 0) is 34.3 Å². The van der Waals surface area contributed by atoms with Gasteiger partial charge in [0.05, 0.1) is 18.3 Å². The highest BCUT2D eigenvalue weighted by Gasteiger charge is 2.30. The Bertz CT molecular complexity index is 1030. The lowest BCUT2D eigenvalue weighted by Crippen LogP contribution is -2.43. The van der Waals surface area contributed by atoms with E-state index >= 15 is 0 Å². The molecule has 1 aromatic carbocycles. The van der Waals surface area contributed by atoms with E-state index in [1.54, 1.807) is 9.58 Å². The monoisotopic (exact) mass is 490 g/mol. The Morgan fingerprint density at radius 2 is 1.82 bits per heavy atom. The van der Waals surface area contributed by atoms with Crippen molar-refractivity contribution in [3.05, 3.63) is 47.5 Å². The summed E-state index contributed by atoms with van der Waals surface area (Å²) >= 11 is 0. The molecule has 2 heterocycles. The van der Waals surface area contributed by atoms with Crippen LogP contribution in [0.5, 0.6) is 0 Å². The highest BCUT2D eigenvalue weighted by molar-refractivity contribution is 7.89. The number of aromatic nitrogens is 3. The summed E-state index contributed by atoms with van der Waals surface area (Å²) in [5.74, 6) is 1.17. The third-order valence-corrected chi connectivity index (χ3v) is 7.75. The van der Waals surface area contributed by atoms with Crippen molar-refractivity contribution in [2.75, 3.05) is 25.4 Å². The number of carbonyl (C=O) groups is 1. The molecular weight excluding hydrogens is 452 g/mol. The fourth-order valence-electron chi connectivity index (χ4n) is 4.21. The summed E-state index contributed by atoms with van der Waals surface area (Å²) in [6.07, 6.45) is 1.78. The van der Waals surface area contributed by atoms with Crippen LogP contribution in [0.25, 0.3) is 0 Å². The zero-order chi connectivity index (χ0) is 24.7. The van der Waals surface area contributed by atoms with Gasteiger partial charge in [-0.25, -0.2) is 22.8 Å². The molecular formula is C24H38N6O3S. The van der Waals surface area contributed by atoms with Crippen LogP contribution in [0.3, 0.4) is 0 Å². The van der Waals surface area contributed by atoms with Gasteiger partial charge >= 0.3 is 0 Å². The summed E-state index contributed by atoms with van der Waals surface area (Å²) in [7, 11) is -3.53. The topological polar surface area (TPSA) is 100 Å². The lowest BCUT2D eigenvalue weighted by Gasteiger charge is -2.29. The number of sulfonamides is 1. The summed E-state index contributed by atoms with van der Waals surface area (Å²) in [5, 5.41) is 4.55. The number of amides is 1. The summed E-state index contributed by atoms with van der Waals surface area (Å²) < 4.78 is 30.4. The molecule has 1 N–H and O–H groups in total. The number of hydrogen-bond acceptors (Lipinski definition) is 6. The van der Waals surface area contributed by atoms with E-state index in [2.05, 4.69) is 33.6 Å². The van der Waals surface area contributed by atoms with E-state index in [0.29, 0.717) is 37.5 Å². The number of hydrogen-bond donors (Lipinski definition) is 1. The quantitative estimate of drug-likeness (QED) is 0.463. The zero-order valence-electron chi connectivity index (χ0n) is 20.8. The van der Waals surface area contributed by atoms with Gasteiger partial charge in [-0.2, -0.15) is 5.10 Å². The molecule has 0 unspecified atom stereocenters. The largest absolute Gasteiger partial charge is 0.331 e. The van der Waals surface area contributed by atoms with Crippen LogP contribution in [0.1, 0.15) is 63.8 Å². The SMILES string of the molecule is CCN(CC)CCCS(=O)(=O)N[C@H](CCc1ccccc1)c1nc2n(n1)CC(=O)N(C(C)C)C2. The van der Waals surface area contributed by atoms with Gasteiger partial charge in [-0.05, 0) is 58.3 Å². The minimum atomic E-state index is -3.53. The molecule has 0 aliphatic carbocycles. The average Bonchev–Trinajstić information content (AvgIpc) is 3.22. The van der Waals surface area contributed by atoms with Gasteiger partial charge in [0, 0.05) is 6.04 Å². The molecule has 188 valence electrons. The molecule has 1 amide bonds. The first-order chi connectivity index (χ1) is 16.2. The van der Waals surface area contributed by atoms with Crippen molar-refractivity contribution in [3.8, 4) is 0 Å². The zero-order valence-corrected chi connectivity index (χ0v) is 21.6. The maximum atomic E-state index is 13.0. The lowest BCUT2D eigenvalue weighted by atomic mass is 10.1. The maximum absolute atomic E-state index is 13.0. The van der Waals surface area contributed by atoms with Crippen molar-refractivity contribution >= 4 is 15.9 Å². The molecule has 0 bridgehead atoms. The normalized spacial score (nSPS) is 15.2. The van der Waals surface area contributed by atoms with E-state index in [-0.39, 0.29) is 24.2 Å². The molecule has 1 aromatic heterocycles. The summed E-state index contributed by atoms with van der Waals surface area (Å²) in [5.41, 5.74) is 1.12. The van der Waals surface area contributed by atoms with Crippen LogP contribution in [0.15, 0.2) is 30.3 Å². The van der Waals surface area contributed by atoms with E-state index in [4.69, 9.17) is 0 Å². The fourth-order valence-corrected chi connectivity index (χ4v) is 5.49. The van der Waals surface area contributed by atoms with Crippen LogP contribution < -0.4 is 4.72 Å². The molecule has 0 saturated heterocycles. The molecule has 0 fully saturated rings. The number of carbonyl (C=O) groups excluding carboxylic acids is 1. The van der Waals surface area contributed by atoms with Gasteiger partial charge < -0.3 is 9.80 Å².